The van der Waals surface area contributed by atoms with E-state index >= 15 is 0 Å². The molecule has 1 aromatic carbocycles. The van der Waals surface area contributed by atoms with Gasteiger partial charge in [-0.15, -0.1) is 0 Å². The fraction of sp³-hybridized carbons (Fsp3) is 0.760. The second kappa shape index (κ2) is 17.0. The number of nitrogen functional groups attached to an aromatic ring is 1. The average molecular weight is 376 g/mol. The van der Waals surface area contributed by atoms with E-state index in [1.807, 2.05) is 12.1 Å². The van der Waals surface area contributed by atoms with Gasteiger partial charge in [-0.05, 0) is 36.6 Å². The van der Waals surface area contributed by atoms with E-state index in [1.54, 1.807) is 0 Å². The normalized spacial score (nSPS) is 11.0. The summed E-state index contributed by atoms with van der Waals surface area (Å²) in [6.45, 7) is 5.31. The highest BCUT2D eigenvalue weighted by Gasteiger charge is 2.03. The molecule has 2 nitrogen and oxygen atoms in total. The van der Waals surface area contributed by atoms with E-state index < -0.39 is 0 Å². The van der Waals surface area contributed by atoms with Gasteiger partial charge in [0, 0.05) is 5.69 Å². The molecular formula is C25H45NO. The largest absolute Gasteiger partial charge is 0.493 e. The fourth-order valence-corrected chi connectivity index (χ4v) is 3.68. The van der Waals surface area contributed by atoms with Crippen LogP contribution in [0.4, 0.5) is 5.69 Å². The van der Waals surface area contributed by atoms with Gasteiger partial charge in [-0.3, -0.25) is 0 Å². The molecule has 156 valence electrons. The number of aryl methyl sites for hydroxylation is 1. The molecule has 0 saturated carbocycles. The molecule has 0 unspecified atom stereocenters. The molecule has 27 heavy (non-hydrogen) atoms. The van der Waals surface area contributed by atoms with Gasteiger partial charge in [-0.25, -0.2) is 0 Å². The zero-order valence-corrected chi connectivity index (χ0v) is 18.2. The molecule has 1 rings (SSSR count). The summed E-state index contributed by atoms with van der Waals surface area (Å²) in [6, 6.07) is 6.04. The molecule has 0 atom stereocenters. The predicted molar refractivity (Wildman–Crippen MR) is 121 cm³/mol. The molecule has 0 aliphatic rings. The summed E-state index contributed by atoms with van der Waals surface area (Å²) >= 11 is 0. The van der Waals surface area contributed by atoms with Crippen molar-refractivity contribution < 1.29 is 4.74 Å². The molecule has 0 radical (unpaired) electrons. The van der Waals surface area contributed by atoms with Gasteiger partial charge < -0.3 is 10.5 Å². The van der Waals surface area contributed by atoms with Gasteiger partial charge in [0.2, 0.25) is 0 Å². The highest BCUT2D eigenvalue weighted by atomic mass is 16.5. The van der Waals surface area contributed by atoms with Crippen LogP contribution >= 0.6 is 0 Å². The third-order valence-corrected chi connectivity index (χ3v) is 5.36. The van der Waals surface area contributed by atoms with Crippen molar-refractivity contribution in [3.05, 3.63) is 23.8 Å². The van der Waals surface area contributed by atoms with Gasteiger partial charge in [0.05, 0.1) is 6.61 Å². The van der Waals surface area contributed by atoms with Crippen LogP contribution in [0.3, 0.4) is 0 Å². The number of ether oxygens (including phenoxy) is 1. The molecule has 0 aromatic heterocycles. The smallest absolute Gasteiger partial charge is 0.122 e. The van der Waals surface area contributed by atoms with Crippen molar-refractivity contribution in [1.82, 2.24) is 0 Å². The summed E-state index contributed by atoms with van der Waals surface area (Å²) in [5.74, 6) is 1.03. The number of unbranched alkanes of at least 4 members (excludes halogenated alkanes) is 13. The first kappa shape index (κ1) is 23.9. The Hall–Kier alpha value is -1.18. The second-order valence-electron chi connectivity index (χ2n) is 8.06. The van der Waals surface area contributed by atoms with Crippen LogP contribution in [0, 0.1) is 0 Å². The van der Waals surface area contributed by atoms with Crippen molar-refractivity contribution in [3.63, 3.8) is 0 Å². The standard InChI is InChI=1S/C25H45NO/c1-3-5-6-7-8-9-10-11-12-13-14-15-16-17-21-27-25-20-19-24(26)22-23(25)18-4-2/h19-20,22H,3-18,21,26H2,1-2H3. The number of benzene rings is 1. The Labute approximate surface area is 169 Å². The lowest BCUT2D eigenvalue weighted by atomic mass is 10.0. The van der Waals surface area contributed by atoms with Crippen LogP contribution in [0.1, 0.15) is 116 Å². The van der Waals surface area contributed by atoms with Crippen LogP contribution in [0.15, 0.2) is 18.2 Å². The summed E-state index contributed by atoms with van der Waals surface area (Å²) in [5.41, 5.74) is 7.98. The van der Waals surface area contributed by atoms with Crippen LogP contribution < -0.4 is 10.5 Å². The minimum absolute atomic E-state index is 0.832. The molecule has 0 bridgehead atoms. The van der Waals surface area contributed by atoms with Crippen LogP contribution in [0.5, 0.6) is 5.75 Å². The summed E-state index contributed by atoms with van der Waals surface area (Å²) in [7, 11) is 0. The number of anilines is 1. The Morgan fingerprint density at radius 2 is 1.19 bits per heavy atom. The average Bonchev–Trinajstić information content (AvgIpc) is 2.66. The van der Waals surface area contributed by atoms with Crippen molar-refractivity contribution >= 4 is 5.69 Å². The maximum Gasteiger partial charge on any atom is 0.122 e. The zero-order valence-electron chi connectivity index (χ0n) is 18.2. The van der Waals surface area contributed by atoms with E-state index in [0.717, 1.165) is 37.3 Å². The molecule has 0 aliphatic carbocycles. The topological polar surface area (TPSA) is 35.2 Å². The first-order chi connectivity index (χ1) is 13.3. The fourth-order valence-electron chi connectivity index (χ4n) is 3.68. The Bertz CT molecular complexity index is 458. The molecule has 2 N–H and O–H groups in total. The van der Waals surface area contributed by atoms with Crippen molar-refractivity contribution in [2.75, 3.05) is 12.3 Å². The molecule has 0 fully saturated rings. The van der Waals surface area contributed by atoms with Crippen molar-refractivity contribution in [2.24, 2.45) is 0 Å². The first-order valence-electron chi connectivity index (χ1n) is 11.8. The highest BCUT2D eigenvalue weighted by Crippen LogP contribution is 2.23. The van der Waals surface area contributed by atoms with Crippen LogP contribution in [0.25, 0.3) is 0 Å². The Morgan fingerprint density at radius 1 is 0.667 bits per heavy atom. The first-order valence-corrected chi connectivity index (χ1v) is 11.8. The van der Waals surface area contributed by atoms with Crippen LogP contribution in [0.2, 0.25) is 0 Å². The maximum atomic E-state index is 6.00. The summed E-state index contributed by atoms with van der Waals surface area (Å²) in [5, 5.41) is 0. The van der Waals surface area contributed by atoms with E-state index in [2.05, 4.69) is 19.9 Å². The van der Waals surface area contributed by atoms with Gasteiger partial charge in [0.15, 0.2) is 0 Å². The van der Waals surface area contributed by atoms with E-state index in [1.165, 1.54) is 89.0 Å². The lowest BCUT2D eigenvalue weighted by molar-refractivity contribution is 0.301. The highest BCUT2D eigenvalue weighted by molar-refractivity contribution is 5.47. The minimum Gasteiger partial charge on any atom is -0.493 e. The molecule has 1 aromatic rings. The molecule has 0 heterocycles. The third-order valence-electron chi connectivity index (χ3n) is 5.36. The Kier molecular flexibility index (Phi) is 15.0. The quantitative estimate of drug-likeness (QED) is 0.208. The molecular weight excluding hydrogens is 330 g/mol. The van der Waals surface area contributed by atoms with Gasteiger partial charge >= 0.3 is 0 Å². The molecule has 0 spiro atoms. The lowest BCUT2D eigenvalue weighted by Crippen LogP contribution is -2.01. The van der Waals surface area contributed by atoms with E-state index in [0.29, 0.717) is 0 Å². The molecule has 0 amide bonds. The molecule has 0 saturated heterocycles. The molecule has 2 heteroatoms. The number of hydrogen-bond donors (Lipinski definition) is 1. The maximum absolute atomic E-state index is 6.00. The minimum atomic E-state index is 0.832. The predicted octanol–water partition coefficient (Wildman–Crippen LogP) is 8.08. The zero-order chi connectivity index (χ0) is 19.6. The number of rotatable bonds is 18. The Balaban J connectivity index is 1.91. The van der Waals surface area contributed by atoms with Gasteiger partial charge in [0.25, 0.3) is 0 Å². The van der Waals surface area contributed by atoms with E-state index in [-0.39, 0.29) is 0 Å². The third kappa shape index (κ3) is 12.8. The van der Waals surface area contributed by atoms with Crippen molar-refractivity contribution in [2.45, 2.75) is 117 Å². The summed E-state index contributed by atoms with van der Waals surface area (Å²) in [4.78, 5) is 0. The van der Waals surface area contributed by atoms with E-state index in [4.69, 9.17) is 10.5 Å². The van der Waals surface area contributed by atoms with Gasteiger partial charge in [-0.2, -0.15) is 0 Å². The number of hydrogen-bond acceptors (Lipinski definition) is 2. The Morgan fingerprint density at radius 3 is 1.70 bits per heavy atom. The van der Waals surface area contributed by atoms with E-state index in [9.17, 15) is 0 Å². The van der Waals surface area contributed by atoms with Crippen LogP contribution in [-0.4, -0.2) is 6.61 Å². The summed E-state index contributed by atoms with van der Waals surface area (Å²) in [6.07, 6.45) is 21.6. The van der Waals surface area contributed by atoms with Crippen molar-refractivity contribution in [1.29, 1.82) is 0 Å². The second-order valence-corrected chi connectivity index (χ2v) is 8.06. The van der Waals surface area contributed by atoms with Crippen molar-refractivity contribution in [3.8, 4) is 5.75 Å². The SMILES string of the molecule is CCCCCCCCCCCCCCCCOc1ccc(N)cc1CCC. The van der Waals surface area contributed by atoms with Gasteiger partial charge in [-0.1, -0.05) is 104 Å². The number of nitrogens with two attached hydrogens (primary N) is 1. The van der Waals surface area contributed by atoms with Crippen LogP contribution in [-0.2, 0) is 6.42 Å². The molecule has 0 aliphatic heterocycles. The summed E-state index contributed by atoms with van der Waals surface area (Å²) < 4.78 is 6.00. The lowest BCUT2D eigenvalue weighted by Gasteiger charge is -2.12. The monoisotopic (exact) mass is 375 g/mol. The van der Waals surface area contributed by atoms with Gasteiger partial charge in [0.1, 0.15) is 5.75 Å².